The second-order valence-corrected chi connectivity index (χ2v) is 6.36. The molecule has 0 radical (unpaired) electrons. The van der Waals surface area contributed by atoms with E-state index in [1.54, 1.807) is 11.9 Å². The van der Waals surface area contributed by atoms with Crippen molar-refractivity contribution in [3.8, 4) is 11.5 Å². The molecule has 1 aliphatic rings. The predicted octanol–water partition coefficient (Wildman–Crippen LogP) is 1.35. The van der Waals surface area contributed by atoms with Gasteiger partial charge in [0.2, 0.25) is 11.9 Å². The van der Waals surface area contributed by atoms with Gasteiger partial charge in [-0.05, 0) is 25.3 Å². The maximum absolute atomic E-state index is 12.1. The number of carbonyl (C=O) groups is 1. The zero-order chi connectivity index (χ0) is 22.8. The van der Waals surface area contributed by atoms with E-state index in [0.717, 1.165) is 0 Å². The lowest BCUT2D eigenvalue weighted by atomic mass is 10.2. The summed E-state index contributed by atoms with van der Waals surface area (Å²) in [5.41, 5.74) is 6.28. The van der Waals surface area contributed by atoms with E-state index in [0.29, 0.717) is 39.0 Å². The van der Waals surface area contributed by atoms with Crippen LogP contribution in [0.25, 0.3) is 10.9 Å². The van der Waals surface area contributed by atoms with Gasteiger partial charge < -0.3 is 30.2 Å². The topological polar surface area (TPSA) is 112 Å². The van der Waals surface area contributed by atoms with Crippen LogP contribution in [0.5, 0.6) is 11.5 Å². The number of methoxy groups -OCH3 is 2. The Morgan fingerprint density at radius 1 is 1.43 bits per heavy atom. The molecule has 0 saturated carbocycles. The van der Waals surface area contributed by atoms with Gasteiger partial charge in [-0.3, -0.25) is 4.79 Å². The Kier molecular flexibility index (Phi) is 5.15. The number of rotatable bonds is 8. The van der Waals surface area contributed by atoms with Gasteiger partial charge in [-0.1, -0.05) is 0 Å². The van der Waals surface area contributed by atoms with Gasteiger partial charge in [0.25, 0.3) is 0 Å². The molecule has 1 aliphatic heterocycles. The summed E-state index contributed by atoms with van der Waals surface area (Å²) < 4.78 is 40.4. The minimum atomic E-state index is -1.49. The summed E-state index contributed by atoms with van der Waals surface area (Å²) in [6.45, 7) is 1.28. The molecule has 28 heavy (non-hydrogen) atoms. The molecule has 1 saturated heterocycles. The van der Waals surface area contributed by atoms with Crippen LogP contribution in [0.1, 0.15) is 23.4 Å². The van der Waals surface area contributed by atoms with E-state index in [4.69, 9.17) is 24.1 Å². The lowest BCUT2D eigenvalue weighted by Gasteiger charge is -2.19. The van der Waals surface area contributed by atoms with Gasteiger partial charge in [-0.15, -0.1) is 0 Å². The molecular formula is C19H27N5O4. The van der Waals surface area contributed by atoms with Crippen LogP contribution in [0.4, 0.5) is 11.8 Å². The molecule has 1 amide bonds. The molecule has 1 atom stereocenters. The molecule has 2 heterocycles. The van der Waals surface area contributed by atoms with Crippen molar-refractivity contribution < 1.29 is 23.1 Å². The van der Waals surface area contributed by atoms with Crippen molar-refractivity contribution in [2.24, 2.45) is 0 Å². The van der Waals surface area contributed by atoms with Crippen molar-refractivity contribution in [3.63, 3.8) is 0 Å². The first kappa shape index (κ1) is 16.2. The Hall–Kier alpha value is -2.81. The van der Waals surface area contributed by atoms with E-state index in [1.165, 1.54) is 14.2 Å². The summed E-state index contributed by atoms with van der Waals surface area (Å²) in [6.07, 6.45) is 0.184. The van der Waals surface area contributed by atoms with Gasteiger partial charge in [0.1, 0.15) is 11.9 Å². The number of ether oxygens (including phenoxy) is 3. The normalized spacial score (nSPS) is 20.3. The number of amides is 1. The zero-order valence-corrected chi connectivity index (χ0v) is 16.3. The van der Waals surface area contributed by atoms with E-state index in [2.05, 4.69) is 15.3 Å². The molecular weight excluding hydrogens is 362 g/mol. The predicted molar refractivity (Wildman–Crippen MR) is 107 cm³/mol. The Balaban J connectivity index is 1.73. The highest BCUT2D eigenvalue weighted by atomic mass is 16.5. The van der Waals surface area contributed by atoms with Crippen LogP contribution in [-0.2, 0) is 9.53 Å². The van der Waals surface area contributed by atoms with Crippen molar-refractivity contribution in [1.82, 2.24) is 15.3 Å². The highest BCUT2D eigenvalue weighted by Gasteiger charge is 2.22. The SMILES string of the molecule is [2H]c1c(OC)c(OC)c([2H])c2c(N)nc(N(C)CCCNC(=O)C3([2H])CCCO3)nc12. The van der Waals surface area contributed by atoms with Gasteiger partial charge in [0.05, 0.1) is 23.8 Å². The molecule has 9 heteroatoms. The summed E-state index contributed by atoms with van der Waals surface area (Å²) >= 11 is 0. The van der Waals surface area contributed by atoms with Gasteiger partial charge >= 0.3 is 0 Å². The molecule has 152 valence electrons. The van der Waals surface area contributed by atoms with Gasteiger partial charge in [0, 0.05) is 38.2 Å². The number of nitrogen functional groups attached to an aromatic ring is 1. The largest absolute Gasteiger partial charge is 0.493 e. The number of carbonyl (C=O) groups excluding carboxylic acids is 1. The van der Waals surface area contributed by atoms with Crippen molar-refractivity contribution in [2.75, 3.05) is 51.6 Å². The molecule has 0 spiro atoms. The third-order valence-corrected chi connectivity index (χ3v) is 4.39. The Labute approximate surface area is 168 Å². The number of hydrogen-bond acceptors (Lipinski definition) is 8. The molecule has 0 bridgehead atoms. The molecule has 1 aromatic heterocycles. The summed E-state index contributed by atoms with van der Waals surface area (Å²) in [4.78, 5) is 22.6. The molecule has 1 unspecified atom stereocenters. The first-order chi connectivity index (χ1) is 14.7. The summed E-state index contributed by atoms with van der Waals surface area (Å²) in [6, 6.07) is -0.0862. The molecule has 2 aromatic rings. The fourth-order valence-corrected chi connectivity index (χ4v) is 2.87. The van der Waals surface area contributed by atoms with E-state index in [1.807, 2.05) is 0 Å². The number of nitrogens with two attached hydrogens (primary N) is 1. The number of fused-ring (bicyclic) bond motifs is 1. The molecule has 1 aromatic carbocycles. The number of nitrogens with one attached hydrogen (secondary N) is 1. The van der Waals surface area contributed by atoms with E-state index >= 15 is 0 Å². The maximum Gasteiger partial charge on any atom is 0.249 e. The standard InChI is InChI=1S/C19H27N5O4/c1-24(8-5-7-21-18(25)14-6-4-9-28-14)19-22-13-11-16(27-3)15(26-2)10-12(13)17(20)23-19/h10-11,14H,4-9H2,1-3H3,(H,21,25)(H2,20,22,23)/i10D,11D,14D. The fraction of sp³-hybridized carbons (Fsp3) is 0.526. The first-order valence-corrected chi connectivity index (χ1v) is 9.05. The summed E-state index contributed by atoms with van der Waals surface area (Å²) in [5, 5.41) is 2.95. The second-order valence-electron chi connectivity index (χ2n) is 6.36. The highest BCUT2D eigenvalue weighted by Crippen LogP contribution is 2.33. The maximum atomic E-state index is 12.1. The number of aromatic nitrogens is 2. The first-order valence-electron chi connectivity index (χ1n) is 10.5. The Bertz CT molecular complexity index is 985. The fourth-order valence-electron chi connectivity index (χ4n) is 2.87. The average molecular weight is 392 g/mol. The van der Waals surface area contributed by atoms with Crippen LogP contribution in [0.15, 0.2) is 12.1 Å². The average Bonchev–Trinajstić information content (AvgIpc) is 3.20. The van der Waals surface area contributed by atoms with Crippen molar-refractivity contribution in [3.05, 3.63) is 12.1 Å². The monoisotopic (exact) mass is 392 g/mol. The zero-order valence-electron chi connectivity index (χ0n) is 19.3. The van der Waals surface area contributed by atoms with Crippen LogP contribution in [0.3, 0.4) is 0 Å². The minimum absolute atomic E-state index is 0.0429. The van der Waals surface area contributed by atoms with E-state index in [-0.39, 0.29) is 46.3 Å². The molecule has 0 aliphatic carbocycles. The van der Waals surface area contributed by atoms with Crippen LogP contribution in [0.2, 0.25) is 0 Å². The van der Waals surface area contributed by atoms with E-state index in [9.17, 15) is 4.79 Å². The van der Waals surface area contributed by atoms with Crippen molar-refractivity contribution >= 4 is 28.6 Å². The van der Waals surface area contributed by atoms with Crippen molar-refractivity contribution in [1.29, 1.82) is 0 Å². The van der Waals surface area contributed by atoms with Gasteiger partial charge in [-0.2, -0.15) is 4.98 Å². The van der Waals surface area contributed by atoms with Crippen molar-refractivity contribution in [2.45, 2.75) is 25.3 Å². The Morgan fingerprint density at radius 2 is 2.18 bits per heavy atom. The lowest BCUT2D eigenvalue weighted by molar-refractivity contribution is -0.130. The lowest BCUT2D eigenvalue weighted by Crippen LogP contribution is -2.36. The molecule has 9 nitrogen and oxygen atoms in total. The minimum Gasteiger partial charge on any atom is -0.493 e. The van der Waals surface area contributed by atoms with E-state index < -0.39 is 12.0 Å². The number of benzene rings is 1. The van der Waals surface area contributed by atoms with Crippen LogP contribution < -0.4 is 25.4 Å². The van der Waals surface area contributed by atoms with Crippen LogP contribution >= 0.6 is 0 Å². The molecule has 1 fully saturated rings. The molecule has 3 N–H and O–H groups in total. The number of hydrogen-bond donors (Lipinski definition) is 2. The quantitative estimate of drug-likeness (QED) is 0.648. The smallest absolute Gasteiger partial charge is 0.249 e. The van der Waals surface area contributed by atoms with Gasteiger partial charge in [0.15, 0.2) is 11.5 Å². The van der Waals surface area contributed by atoms with Gasteiger partial charge in [-0.25, -0.2) is 4.98 Å². The second kappa shape index (κ2) is 8.92. The molecule has 3 rings (SSSR count). The van der Waals surface area contributed by atoms with Crippen LogP contribution in [-0.4, -0.2) is 62.9 Å². The number of anilines is 2. The summed E-state index contributed by atoms with van der Waals surface area (Å²) in [5.74, 6) is 0.127. The third-order valence-electron chi connectivity index (χ3n) is 4.39. The van der Waals surface area contributed by atoms with Crippen LogP contribution in [0, 0.1) is 0 Å². The number of nitrogens with zero attached hydrogens (tertiary/aromatic N) is 3. The highest BCUT2D eigenvalue weighted by molar-refractivity contribution is 5.91. The summed E-state index contributed by atoms with van der Waals surface area (Å²) in [7, 11) is 4.55. The Morgan fingerprint density at radius 3 is 2.86 bits per heavy atom. The third kappa shape index (κ3) is 4.36.